The molecule has 1 heterocycles. The maximum absolute atomic E-state index is 10.3. The molecule has 1 N–H and O–H groups in total. The van der Waals surface area contributed by atoms with Crippen LogP contribution in [0, 0.1) is 6.92 Å². The molecule has 2 rings (SSSR count). The molecule has 0 aliphatic carbocycles. The zero-order chi connectivity index (χ0) is 16.4. The Morgan fingerprint density at radius 1 is 1.23 bits per heavy atom. The van der Waals surface area contributed by atoms with Crippen LogP contribution >= 0.6 is 0 Å². The minimum Gasteiger partial charge on any atom is -0.490 e. The van der Waals surface area contributed by atoms with E-state index in [0.717, 1.165) is 16.8 Å². The maximum atomic E-state index is 10.3. The molecule has 3 heteroatoms. The van der Waals surface area contributed by atoms with Gasteiger partial charge in [-0.3, -0.25) is 0 Å². The van der Waals surface area contributed by atoms with Crippen LogP contribution in [0.3, 0.4) is 0 Å². The predicted molar refractivity (Wildman–Crippen MR) is 91.4 cm³/mol. The first kappa shape index (κ1) is 17.3. The number of rotatable bonds is 5. The van der Waals surface area contributed by atoms with E-state index >= 15 is 0 Å². The molecule has 22 heavy (non-hydrogen) atoms. The predicted octanol–water partition coefficient (Wildman–Crippen LogP) is 3.27. The molecule has 1 saturated heterocycles. The van der Waals surface area contributed by atoms with E-state index in [0.29, 0.717) is 6.61 Å². The summed E-state index contributed by atoms with van der Waals surface area (Å²) in [4.78, 5) is 0. The van der Waals surface area contributed by atoms with Crippen LogP contribution in [0.2, 0.25) is 0 Å². The van der Waals surface area contributed by atoms with Gasteiger partial charge in [0.2, 0.25) is 0 Å². The van der Waals surface area contributed by atoms with Crippen molar-refractivity contribution in [2.45, 2.75) is 52.1 Å². The summed E-state index contributed by atoms with van der Waals surface area (Å²) in [5, 5.41) is 10.3. The van der Waals surface area contributed by atoms with Crippen molar-refractivity contribution in [3.63, 3.8) is 0 Å². The van der Waals surface area contributed by atoms with Crippen LogP contribution in [0.5, 0.6) is 5.75 Å². The summed E-state index contributed by atoms with van der Waals surface area (Å²) in [7, 11) is 2.24. The molecule has 1 aromatic rings. The van der Waals surface area contributed by atoms with Crippen LogP contribution in [-0.4, -0.2) is 49.0 Å². The highest BCUT2D eigenvalue weighted by molar-refractivity contribution is 5.41. The van der Waals surface area contributed by atoms with Crippen LogP contribution in [0.25, 0.3) is 0 Å². The highest BCUT2D eigenvalue weighted by atomic mass is 16.5. The normalized spacial score (nSPS) is 19.2. The van der Waals surface area contributed by atoms with E-state index in [1.165, 1.54) is 37.1 Å². The number of aliphatic hydroxyl groups is 1. The van der Waals surface area contributed by atoms with Gasteiger partial charge in [-0.15, -0.1) is 0 Å². The molecule has 0 spiro atoms. The number of hydrogen-bond acceptors (Lipinski definition) is 2. The lowest BCUT2D eigenvalue weighted by Gasteiger charge is -2.31. The Labute approximate surface area is 135 Å². The molecule has 1 aliphatic rings. The standard InChI is InChI=1S/C19H32NO2/c1-15-8-9-18(17(12-15)19(2,3)4)22-14-16(21)13-20(5)10-6-7-11-20/h8-9,12,16,21H,6-7,10-11,13-14H2,1-5H3/q+1/t16-/m1/s1. The first-order chi connectivity index (χ1) is 10.2. The fourth-order valence-electron chi connectivity index (χ4n) is 3.38. The smallest absolute Gasteiger partial charge is 0.137 e. The van der Waals surface area contributed by atoms with Crippen LogP contribution < -0.4 is 4.74 Å². The van der Waals surface area contributed by atoms with E-state index in [2.05, 4.69) is 46.9 Å². The number of likely N-dealkylation sites (tertiary alicyclic amines) is 1. The van der Waals surface area contributed by atoms with E-state index in [1.54, 1.807) is 0 Å². The fourth-order valence-corrected chi connectivity index (χ4v) is 3.38. The van der Waals surface area contributed by atoms with Gasteiger partial charge in [0.25, 0.3) is 0 Å². The summed E-state index contributed by atoms with van der Waals surface area (Å²) in [5.74, 6) is 0.904. The summed E-state index contributed by atoms with van der Waals surface area (Å²) >= 11 is 0. The molecule has 1 aliphatic heterocycles. The van der Waals surface area contributed by atoms with Crippen molar-refractivity contribution < 1.29 is 14.3 Å². The molecule has 1 fully saturated rings. The number of aliphatic hydroxyl groups excluding tert-OH is 1. The third kappa shape index (κ3) is 4.47. The molecule has 0 amide bonds. The molecular formula is C19H32NO2+. The summed E-state index contributed by atoms with van der Waals surface area (Å²) in [6.45, 7) is 12.2. The van der Waals surface area contributed by atoms with Crippen LogP contribution in [0.1, 0.15) is 44.7 Å². The second kappa shape index (κ2) is 6.59. The van der Waals surface area contributed by atoms with E-state index in [-0.39, 0.29) is 5.41 Å². The van der Waals surface area contributed by atoms with Crippen molar-refractivity contribution in [3.05, 3.63) is 29.3 Å². The minimum absolute atomic E-state index is 0.0415. The van der Waals surface area contributed by atoms with Gasteiger partial charge in [-0.05, 0) is 24.0 Å². The van der Waals surface area contributed by atoms with Crippen molar-refractivity contribution in [2.24, 2.45) is 0 Å². The van der Waals surface area contributed by atoms with Gasteiger partial charge >= 0.3 is 0 Å². The van der Waals surface area contributed by atoms with Gasteiger partial charge in [0.05, 0.1) is 20.1 Å². The Kier molecular flexibility index (Phi) is 5.18. The summed E-state index contributed by atoms with van der Waals surface area (Å²) in [6, 6.07) is 6.30. The number of quaternary nitrogens is 1. The first-order valence-electron chi connectivity index (χ1n) is 8.45. The topological polar surface area (TPSA) is 29.5 Å². The summed E-state index contributed by atoms with van der Waals surface area (Å²) in [5.41, 5.74) is 2.49. The Morgan fingerprint density at radius 2 is 1.86 bits per heavy atom. The number of benzene rings is 1. The van der Waals surface area contributed by atoms with Gasteiger partial charge in [0.1, 0.15) is 25.0 Å². The van der Waals surface area contributed by atoms with E-state index in [4.69, 9.17) is 4.74 Å². The van der Waals surface area contributed by atoms with E-state index in [1.807, 2.05) is 6.07 Å². The number of ether oxygens (including phenoxy) is 1. The average molecular weight is 306 g/mol. The zero-order valence-electron chi connectivity index (χ0n) is 14.9. The molecule has 0 saturated carbocycles. The lowest BCUT2D eigenvalue weighted by atomic mass is 9.85. The molecule has 0 aromatic heterocycles. The molecule has 1 atom stereocenters. The first-order valence-corrected chi connectivity index (χ1v) is 8.45. The minimum atomic E-state index is -0.405. The quantitative estimate of drug-likeness (QED) is 0.846. The second-order valence-corrected chi connectivity index (χ2v) is 8.17. The van der Waals surface area contributed by atoms with Crippen molar-refractivity contribution in [3.8, 4) is 5.75 Å². The van der Waals surface area contributed by atoms with Gasteiger partial charge in [-0.1, -0.05) is 38.5 Å². The van der Waals surface area contributed by atoms with Gasteiger partial charge in [0.15, 0.2) is 0 Å². The van der Waals surface area contributed by atoms with Crippen molar-refractivity contribution in [1.29, 1.82) is 0 Å². The molecule has 124 valence electrons. The third-order valence-electron chi connectivity index (χ3n) is 4.67. The molecule has 0 unspecified atom stereocenters. The summed E-state index contributed by atoms with van der Waals surface area (Å²) in [6.07, 6.45) is 2.14. The average Bonchev–Trinajstić information content (AvgIpc) is 2.82. The zero-order valence-corrected chi connectivity index (χ0v) is 14.9. The van der Waals surface area contributed by atoms with Crippen LogP contribution in [-0.2, 0) is 5.41 Å². The SMILES string of the molecule is Cc1ccc(OC[C@H](O)C[N+]2(C)CCCC2)c(C(C)(C)C)c1. The third-order valence-corrected chi connectivity index (χ3v) is 4.67. The van der Waals surface area contributed by atoms with Gasteiger partial charge < -0.3 is 14.3 Å². The Morgan fingerprint density at radius 3 is 2.45 bits per heavy atom. The number of aryl methyl sites for hydroxylation is 1. The maximum Gasteiger partial charge on any atom is 0.137 e. The molecule has 3 nitrogen and oxygen atoms in total. The van der Waals surface area contributed by atoms with Crippen LogP contribution in [0.4, 0.5) is 0 Å². The Bertz CT molecular complexity index is 499. The van der Waals surface area contributed by atoms with E-state index < -0.39 is 6.10 Å². The summed E-state index contributed by atoms with van der Waals surface area (Å²) < 4.78 is 6.95. The Hall–Kier alpha value is -1.06. The largest absolute Gasteiger partial charge is 0.490 e. The molecule has 0 bridgehead atoms. The number of hydrogen-bond donors (Lipinski definition) is 1. The van der Waals surface area contributed by atoms with Gasteiger partial charge in [-0.25, -0.2) is 0 Å². The number of nitrogens with zero attached hydrogens (tertiary/aromatic N) is 1. The van der Waals surface area contributed by atoms with Crippen molar-refractivity contribution in [2.75, 3.05) is 33.3 Å². The van der Waals surface area contributed by atoms with E-state index in [9.17, 15) is 5.11 Å². The highest BCUT2D eigenvalue weighted by Crippen LogP contribution is 2.32. The number of likely N-dealkylation sites (N-methyl/N-ethyl adjacent to an activating group) is 1. The van der Waals surface area contributed by atoms with Gasteiger partial charge in [0, 0.05) is 12.8 Å². The monoisotopic (exact) mass is 306 g/mol. The lowest BCUT2D eigenvalue weighted by molar-refractivity contribution is -0.900. The highest BCUT2D eigenvalue weighted by Gasteiger charge is 2.30. The van der Waals surface area contributed by atoms with Crippen LogP contribution in [0.15, 0.2) is 18.2 Å². The second-order valence-electron chi connectivity index (χ2n) is 8.17. The molecule has 0 radical (unpaired) electrons. The molecule has 1 aromatic carbocycles. The lowest BCUT2D eigenvalue weighted by Crippen LogP contribution is -2.47. The van der Waals surface area contributed by atoms with Crippen molar-refractivity contribution in [1.82, 2.24) is 0 Å². The fraction of sp³-hybridized carbons (Fsp3) is 0.684. The molecular weight excluding hydrogens is 274 g/mol. The van der Waals surface area contributed by atoms with Crippen molar-refractivity contribution >= 4 is 0 Å². The van der Waals surface area contributed by atoms with Gasteiger partial charge in [-0.2, -0.15) is 0 Å². The Balaban J connectivity index is 1.99.